The van der Waals surface area contributed by atoms with Crippen molar-refractivity contribution in [2.24, 2.45) is 10.4 Å². The van der Waals surface area contributed by atoms with Gasteiger partial charge in [-0.15, -0.1) is 0 Å². The number of anilines is 1. The van der Waals surface area contributed by atoms with Crippen LogP contribution in [0.2, 0.25) is 5.02 Å². The van der Waals surface area contributed by atoms with E-state index in [-0.39, 0.29) is 0 Å². The molecule has 3 rings (SSSR count). The van der Waals surface area contributed by atoms with E-state index >= 15 is 0 Å². The first-order valence-electron chi connectivity index (χ1n) is 6.96. The Balaban J connectivity index is 1.64. The number of benzene rings is 1. The van der Waals surface area contributed by atoms with Crippen LogP contribution < -0.4 is 5.32 Å². The fourth-order valence-electron chi connectivity index (χ4n) is 2.92. The second-order valence-corrected chi connectivity index (χ2v) is 7.01. The molecule has 1 fully saturated rings. The summed E-state index contributed by atoms with van der Waals surface area (Å²) in [5, 5.41) is 5.17. The van der Waals surface area contributed by atoms with E-state index in [4.69, 9.17) is 16.6 Å². The third-order valence-electron chi connectivity index (χ3n) is 4.06. The van der Waals surface area contributed by atoms with Crippen molar-refractivity contribution in [2.45, 2.75) is 32.1 Å². The fraction of sp³-hybridized carbons (Fsp3) is 0.533. The molecular weight excluding hydrogens is 276 g/mol. The zero-order valence-electron chi connectivity index (χ0n) is 11.0. The van der Waals surface area contributed by atoms with Crippen LogP contribution in [0.25, 0.3) is 0 Å². The number of halogens is 1. The van der Waals surface area contributed by atoms with Crippen molar-refractivity contribution in [3.63, 3.8) is 0 Å². The first-order chi connectivity index (χ1) is 9.26. The molecule has 0 saturated heterocycles. The minimum absolute atomic E-state index is 0.489. The van der Waals surface area contributed by atoms with Gasteiger partial charge in [0.15, 0.2) is 5.17 Å². The Labute approximate surface area is 124 Å². The number of nitrogens with zero attached hydrogens (tertiary/aromatic N) is 1. The van der Waals surface area contributed by atoms with Gasteiger partial charge >= 0.3 is 0 Å². The second kappa shape index (κ2) is 5.76. The molecule has 1 N–H and O–H groups in total. The average molecular weight is 295 g/mol. The van der Waals surface area contributed by atoms with Crippen LogP contribution in [0.15, 0.2) is 29.3 Å². The van der Waals surface area contributed by atoms with Crippen molar-refractivity contribution < 1.29 is 0 Å². The Hall–Kier alpha value is -0.670. The van der Waals surface area contributed by atoms with Crippen molar-refractivity contribution in [3.8, 4) is 0 Å². The Kier molecular flexibility index (Phi) is 4.04. The lowest BCUT2D eigenvalue weighted by molar-refractivity contribution is 0.232. The largest absolute Gasteiger partial charge is 0.335 e. The predicted molar refractivity (Wildman–Crippen MR) is 85.4 cm³/mol. The lowest BCUT2D eigenvalue weighted by Gasteiger charge is -2.38. The summed E-state index contributed by atoms with van der Waals surface area (Å²) in [6.07, 6.45) is 6.88. The van der Waals surface area contributed by atoms with E-state index in [0.29, 0.717) is 5.41 Å². The standard InChI is InChI=1S/C15H19ClN2S/c16-12-5-4-6-13(9-12)18-14-17-10-15(11-19-14)7-2-1-3-8-15/h4-6,9H,1-3,7-8,10-11H2,(H,17,18). The molecule has 1 aliphatic carbocycles. The third-order valence-corrected chi connectivity index (χ3v) is 5.56. The summed E-state index contributed by atoms with van der Waals surface area (Å²) in [5.41, 5.74) is 1.51. The maximum atomic E-state index is 5.99. The Bertz CT molecular complexity index is 481. The van der Waals surface area contributed by atoms with Gasteiger partial charge in [-0.25, -0.2) is 0 Å². The number of rotatable bonds is 1. The molecule has 2 nitrogen and oxygen atoms in total. The monoisotopic (exact) mass is 294 g/mol. The highest BCUT2D eigenvalue weighted by Gasteiger charge is 2.34. The molecule has 0 aromatic heterocycles. The van der Waals surface area contributed by atoms with Crippen LogP contribution in [-0.2, 0) is 0 Å². The lowest BCUT2D eigenvalue weighted by atomic mass is 9.75. The van der Waals surface area contributed by atoms with Crippen LogP contribution >= 0.6 is 23.4 Å². The molecule has 0 amide bonds. The van der Waals surface area contributed by atoms with E-state index in [2.05, 4.69) is 5.32 Å². The van der Waals surface area contributed by atoms with Gasteiger partial charge in [-0.1, -0.05) is 48.7 Å². The highest BCUT2D eigenvalue weighted by molar-refractivity contribution is 8.14. The van der Waals surface area contributed by atoms with Crippen molar-refractivity contribution in [2.75, 3.05) is 17.6 Å². The normalized spacial score (nSPS) is 22.1. The van der Waals surface area contributed by atoms with Crippen LogP contribution in [0.4, 0.5) is 5.69 Å². The number of hydrogen-bond acceptors (Lipinski definition) is 3. The smallest absolute Gasteiger partial charge is 0.161 e. The molecule has 0 atom stereocenters. The summed E-state index contributed by atoms with van der Waals surface area (Å²) in [5.74, 6) is 1.21. The van der Waals surface area contributed by atoms with E-state index in [1.807, 2.05) is 36.0 Å². The molecule has 1 aliphatic heterocycles. The summed E-state index contributed by atoms with van der Waals surface area (Å²) >= 11 is 7.86. The molecular formula is C15H19ClN2S. The molecule has 2 aliphatic rings. The first-order valence-corrected chi connectivity index (χ1v) is 8.32. The number of aliphatic imine (C=N–C) groups is 1. The zero-order valence-corrected chi connectivity index (χ0v) is 12.6. The maximum Gasteiger partial charge on any atom is 0.161 e. The topological polar surface area (TPSA) is 24.4 Å². The summed E-state index contributed by atoms with van der Waals surface area (Å²) in [6, 6.07) is 7.82. The second-order valence-electron chi connectivity index (χ2n) is 5.61. The van der Waals surface area contributed by atoms with Gasteiger partial charge in [0.2, 0.25) is 0 Å². The summed E-state index contributed by atoms with van der Waals surface area (Å²) in [7, 11) is 0. The lowest BCUT2D eigenvalue weighted by Crippen LogP contribution is -2.35. The predicted octanol–water partition coefficient (Wildman–Crippen LogP) is 4.81. The molecule has 0 unspecified atom stereocenters. The maximum absolute atomic E-state index is 5.99. The number of hydrogen-bond donors (Lipinski definition) is 1. The molecule has 1 aromatic rings. The minimum atomic E-state index is 0.489. The Morgan fingerprint density at radius 1 is 1.21 bits per heavy atom. The van der Waals surface area contributed by atoms with Gasteiger partial charge in [0.1, 0.15) is 0 Å². The first kappa shape index (κ1) is 13.3. The molecule has 1 heterocycles. The number of nitrogens with one attached hydrogen (secondary N) is 1. The SMILES string of the molecule is Clc1cccc(NC2=NCC3(CCCCC3)CS2)c1. The summed E-state index contributed by atoms with van der Waals surface area (Å²) in [6.45, 7) is 0.989. The van der Waals surface area contributed by atoms with E-state index in [0.717, 1.165) is 22.4 Å². The molecule has 1 aromatic carbocycles. The molecule has 0 radical (unpaired) electrons. The number of amidine groups is 1. The third kappa shape index (κ3) is 3.26. The molecule has 1 spiro atoms. The van der Waals surface area contributed by atoms with Gasteiger partial charge < -0.3 is 5.32 Å². The zero-order chi connectivity index (χ0) is 13.1. The van der Waals surface area contributed by atoms with Crippen LogP contribution in [0.3, 0.4) is 0 Å². The van der Waals surface area contributed by atoms with Gasteiger partial charge in [-0.05, 0) is 36.5 Å². The molecule has 1 saturated carbocycles. The van der Waals surface area contributed by atoms with E-state index < -0.39 is 0 Å². The van der Waals surface area contributed by atoms with E-state index in [9.17, 15) is 0 Å². The van der Waals surface area contributed by atoms with Crippen LogP contribution in [0, 0.1) is 5.41 Å². The van der Waals surface area contributed by atoms with Gasteiger partial charge in [-0.2, -0.15) is 0 Å². The van der Waals surface area contributed by atoms with Crippen LogP contribution in [-0.4, -0.2) is 17.5 Å². The van der Waals surface area contributed by atoms with Crippen LogP contribution in [0.5, 0.6) is 0 Å². The van der Waals surface area contributed by atoms with E-state index in [1.54, 1.807) is 0 Å². The minimum Gasteiger partial charge on any atom is -0.335 e. The van der Waals surface area contributed by atoms with Gasteiger partial charge in [-0.3, -0.25) is 4.99 Å². The van der Waals surface area contributed by atoms with Gasteiger partial charge in [0, 0.05) is 23.0 Å². The fourth-order valence-corrected chi connectivity index (χ4v) is 4.28. The van der Waals surface area contributed by atoms with Crippen molar-refractivity contribution >= 4 is 34.2 Å². The number of thioether (sulfide) groups is 1. The molecule has 102 valence electrons. The van der Waals surface area contributed by atoms with Crippen molar-refractivity contribution in [3.05, 3.63) is 29.3 Å². The molecule has 4 heteroatoms. The Morgan fingerprint density at radius 3 is 2.74 bits per heavy atom. The van der Waals surface area contributed by atoms with Crippen LogP contribution in [0.1, 0.15) is 32.1 Å². The van der Waals surface area contributed by atoms with Crippen molar-refractivity contribution in [1.29, 1.82) is 0 Å². The molecule has 19 heavy (non-hydrogen) atoms. The quantitative estimate of drug-likeness (QED) is 0.804. The van der Waals surface area contributed by atoms with Gasteiger partial charge in [0.25, 0.3) is 0 Å². The Morgan fingerprint density at radius 2 is 2.05 bits per heavy atom. The molecule has 0 bridgehead atoms. The van der Waals surface area contributed by atoms with Crippen molar-refractivity contribution in [1.82, 2.24) is 0 Å². The highest BCUT2D eigenvalue weighted by atomic mass is 35.5. The average Bonchev–Trinajstić information content (AvgIpc) is 2.43. The van der Waals surface area contributed by atoms with E-state index in [1.165, 1.54) is 37.9 Å². The highest BCUT2D eigenvalue weighted by Crippen LogP contribution is 2.41. The summed E-state index contributed by atoms with van der Waals surface area (Å²) in [4.78, 5) is 4.76. The summed E-state index contributed by atoms with van der Waals surface area (Å²) < 4.78 is 0. The van der Waals surface area contributed by atoms with Gasteiger partial charge in [0.05, 0.1) is 0 Å².